The SMILES string of the molecule is COc1c(C(=O)/C=C/c2ccccc2O)c(OCCN2CCCCCC2)c(OC)c2occc12.Cl. The molecule has 0 radical (unpaired) electrons. The molecule has 0 unspecified atom stereocenters. The largest absolute Gasteiger partial charge is 0.507 e. The Kier molecular flexibility index (Phi) is 9.46. The summed E-state index contributed by atoms with van der Waals surface area (Å²) in [6.07, 6.45) is 9.42. The second-order valence-electron chi connectivity index (χ2n) is 8.29. The number of hydrogen-bond acceptors (Lipinski definition) is 7. The molecular weight excluding hydrogens is 470 g/mol. The minimum Gasteiger partial charge on any atom is -0.507 e. The Balaban J connectivity index is 0.00000342. The van der Waals surface area contributed by atoms with Crippen molar-refractivity contribution in [1.29, 1.82) is 0 Å². The topological polar surface area (TPSA) is 81.4 Å². The number of hydrogen-bond donors (Lipinski definition) is 1. The molecule has 1 fully saturated rings. The number of para-hydroxylation sites is 1. The number of ether oxygens (including phenoxy) is 3. The lowest BCUT2D eigenvalue weighted by molar-refractivity contribution is 0.103. The second-order valence-corrected chi connectivity index (χ2v) is 8.29. The van der Waals surface area contributed by atoms with Gasteiger partial charge in [0.05, 0.1) is 25.9 Å². The van der Waals surface area contributed by atoms with Gasteiger partial charge < -0.3 is 23.7 Å². The van der Waals surface area contributed by atoms with E-state index in [1.165, 1.54) is 52.2 Å². The first-order valence-electron chi connectivity index (χ1n) is 11.6. The highest BCUT2D eigenvalue weighted by Crippen LogP contribution is 2.46. The molecule has 188 valence electrons. The van der Waals surface area contributed by atoms with Crippen LogP contribution in [0.2, 0.25) is 0 Å². The molecule has 0 spiro atoms. The van der Waals surface area contributed by atoms with Gasteiger partial charge in [-0.2, -0.15) is 0 Å². The van der Waals surface area contributed by atoms with Gasteiger partial charge >= 0.3 is 0 Å². The van der Waals surface area contributed by atoms with Crippen LogP contribution in [0.25, 0.3) is 17.0 Å². The smallest absolute Gasteiger partial charge is 0.205 e. The maximum atomic E-state index is 13.4. The first-order chi connectivity index (χ1) is 16.6. The molecule has 0 aliphatic carbocycles. The summed E-state index contributed by atoms with van der Waals surface area (Å²) in [6.45, 7) is 3.25. The number of allylic oxidation sites excluding steroid dienone is 1. The zero-order valence-electron chi connectivity index (χ0n) is 20.1. The van der Waals surface area contributed by atoms with Crippen LogP contribution in [0.5, 0.6) is 23.0 Å². The number of likely N-dealkylation sites (tertiary alicyclic amines) is 1. The molecule has 2 heterocycles. The van der Waals surface area contributed by atoms with Crippen LogP contribution in [0.3, 0.4) is 0 Å². The predicted octanol–water partition coefficient (Wildman–Crippen LogP) is 5.73. The normalized spacial score (nSPS) is 14.5. The lowest BCUT2D eigenvalue weighted by Gasteiger charge is -2.22. The fourth-order valence-corrected chi connectivity index (χ4v) is 4.39. The summed E-state index contributed by atoms with van der Waals surface area (Å²) in [5, 5.41) is 10.7. The second kappa shape index (κ2) is 12.5. The van der Waals surface area contributed by atoms with Gasteiger partial charge in [-0.25, -0.2) is 0 Å². The Hall–Kier alpha value is -3.16. The number of carbonyl (C=O) groups is 1. The first-order valence-corrected chi connectivity index (χ1v) is 11.6. The van der Waals surface area contributed by atoms with Crippen molar-refractivity contribution in [3.05, 3.63) is 53.8 Å². The van der Waals surface area contributed by atoms with Gasteiger partial charge in [0.1, 0.15) is 23.7 Å². The van der Waals surface area contributed by atoms with E-state index in [1.807, 2.05) is 0 Å². The van der Waals surface area contributed by atoms with Crippen LogP contribution in [-0.4, -0.2) is 56.3 Å². The molecule has 0 bridgehead atoms. The summed E-state index contributed by atoms with van der Waals surface area (Å²) in [4.78, 5) is 15.8. The summed E-state index contributed by atoms with van der Waals surface area (Å²) in [6, 6.07) is 8.56. The molecule has 1 saturated heterocycles. The van der Waals surface area contributed by atoms with Crippen LogP contribution in [0.1, 0.15) is 41.6 Å². The third kappa shape index (κ3) is 5.92. The number of halogens is 1. The Morgan fingerprint density at radius 1 is 1.03 bits per heavy atom. The number of nitrogens with zero attached hydrogens (tertiary/aromatic N) is 1. The van der Waals surface area contributed by atoms with E-state index in [0.29, 0.717) is 40.4 Å². The zero-order chi connectivity index (χ0) is 23.9. The van der Waals surface area contributed by atoms with Crippen LogP contribution in [-0.2, 0) is 0 Å². The van der Waals surface area contributed by atoms with Crippen molar-refractivity contribution in [3.8, 4) is 23.0 Å². The summed E-state index contributed by atoms with van der Waals surface area (Å²) in [7, 11) is 3.04. The molecule has 7 nitrogen and oxygen atoms in total. The van der Waals surface area contributed by atoms with Gasteiger partial charge in [-0.1, -0.05) is 31.0 Å². The Morgan fingerprint density at radius 3 is 2.43 bits per heavy atom. The Bertz CT molecular complexity index is 1160. The Morgan fingerprint density at radius 2 is 1.74 bits per heavy atom. The molecule has 8 heteroatoms. The lowest BCUT2D eigenvalue weighted by atomic mass is 10.0. The van der Waals surface area contributed by atoms with Crippen molar-refractivity contribution in [2.45, 2.75) is 25.7 Å². The van der Waals surface area contributed by atoms with Crippen molar-refractivity contribution in [1.82, 2.24) is 4.90 Å². The van der Waals surface area contributed by atoms with Gasteiger partial charge in [-0.3, -0.25) is 9.69 Å². The summed E-state index contributed by atoms with van der Waals surface area (Å²) >= 11 is 0. The molecule has 3 aromatic rings. The molecule has 1 N–H and O–H groups in total. The van der Waals surface area contributed by atoms with Crippen molar-refractivity contribution in [3.63, 3.8) is 0 Å². The van der Waals surface area contributed by atoms with E-state index in [1.54, 1.807) is 36.4 Å². The molecule has 1 aliphatic rings. The number of methoxy groups -OCH3 is 2. The maximum Gasteiger partial charge on any atom is 0.205 e. The highest BCUT2D eigenvalue weighted by Gasteiger charge is 2.28. The molecule has 2 aromatic carbocycles. The molecule has 0 saturated carbocycles. The minimum atomic E-state index is -0.328. The first kappa shape index (κ1) is 26.4. The van der Waals surface area contributed by atoms with Crippen LogP contribution in [0, 0.1) is 0 Å². The van der Waals surface area contributed by atoms with E-state index in [9.17, 15) is 9.90 Å². The molecule has 1 aliphatic heterocycles. The van der Waals surface area contributed by atoms with Crippen molar-refractivity contribution in [2.24, 2.45) is 0 Å². The monoisotopic (exact) mass is 501 g/mol. The third-order valence-electron chi connectivity index (χ3n) is 6.13. The average Bonchev–Trinajstić information content (AvgIpc) is 3.18. The highest BCUT2D eigenvalue weighted by atomic mass is 35.5. The summed E-state index contributed by atoms with van der Waals surface area (Å²) in [5.41, 5.74) is 1.26. The molecule has 0 amide bonds. The van der Waals surface area contributed by atoms with Gasteiger partial charge in [0.25, 0.3) is 0 Å². The van der Waals surface area contributed by atoms with Crippen LogP contribution in [0.15, 0.2) is 47.1 Å². The number of ketones is 1. The number of furan rings is 1. The van der Waals surface area contributed by atoms with E-state index >= 15 is 0 Å². The predicted molar refractivity (Wildman–Crippen MR) is 138 cm³/mol. The van der Waals surface area contributed by atoms with Gasteiger partial charge in [-0.15, -0.1) is 12.4 Å². The number of rotatable bonds is 9. The molecule has 1 aromatic heterocycles. The molecule has 35 heavy (non-hydrogen) atoms. The van der Waals surface area contributed by atoms with E-state index in [0.717, 1.165) is 19.6 Å². The van der Waals surface area contributed by atoms with Gasteiger partial charge in [0.2, 0.25) is 5.75 Å². The number of carbonyl (C=O) groups excluding carboxylic acids is 1. The zero-order valence-corrected chi connectivity index (χ0v) is 20.9. The van der Waals surface area contributed by atoms with E-state index < -0.39 is 0 Å². The van der Waals surface area contributed by atoms with Gasteiger partial charge in [0, 0.05) is 12.1 Å². The summed E-state index contributed by atoms with van der Waals surface area (Å²) < 4.78 is 23.2. The quantitative estimate of drug-likeness (QED) is 0.296. The van der Waals surface area contributed by atoms with E-state index in [-0.39, 0.29) is 29.5 Å². The van der Waals surface area contributed by atoms with Crippen LogP contribution < -0.4 is 14.2 Å². The Labute approximate surface area is 211 Å². The number of aromatic hydroxyl groups is 1. The van der Waals surface area contributed by atoms with E-state index in [2.05, 4.69) is 4.90 Å². The number of benzene rings is 2. The van der Waals surface area contributed by atoms with Crippen LogP contribution >= 0.6 is 12.4 Å². The number of fused-ring (bicyclic) bond motifs is 1. The van der Waals surface area contributed by atoms with Gasteiger partial charge in [-0.05, 0) is 50.2 Å². The van der Waals surface area contributed by atoms with Crippen molar-refractivity contribution >= 4 is 35.2 Å². The molecule has 4 rings (SSSR count). The van der Waals surface area contributed by atoms with Crippen LogP contribution in [0.4, 0.5) is 0 Å². The molecular formula is C27H32ClNO6. The fraction of sp³-hybridized carbons (Fsp3) is 0.370. The van der Waals surface area contributed by atoms with E-state index in [4.69, 9.17) is 18.6 Å². The lowest BCUT2D eigenvalue weighted by Crippen LogP contribution is -2.29. The molecule has 0 atom stereocenters. The third-order valence-corrected chi connectivity index (χ3v) is 6.13. The maximum absolute atomic E-state index is 13.4. The number of phenolic OH excluding ortho intramolecular Hbond substituents is 1. The highest BCUT2D eigenvalue weighted by molar-refractivity contribution is 6.15. The average molecular weight is 502 g/mol. The standard InChI is InChI=1S/C27H31NO6.ClH/c1-31-24-20-13-17-33-25(20)27(32-2)26(34-18-16-28-14-7-3-4-8-15-28)23(24)22(30)12-11-19-9-5-6-10-21(19)29;/h5-6,9-13,17,29H,3-4,7-8,14-16,18H2,1-2H3;1H/b12-11+;. The van der Waals surface area contributed by atoms with Crippen molar-refractivity contribution in [2.75, 3.05) is 40.5 Å². The fourth-order valence-electron chi connectivity index (χ4n) is 4.39. The van der Waals surface area contributed by atoms with Gasteiger partial charge in [0.15, 0.2) is 17.1 Å². The number of phenols is 1. The summed E-state index contributed by atoms with van der Waals surface area (Å²) in [5.74, 6) is 0.780. The minimum absolute atomic E-state index is 0. The van der Waals surface area contributed by atoms with Crippen molar-refractivity contribution < 1.29 is 28.5 Å².